The molecule has 3 rings (SSSR count). The van der Waals surface area contributed by atoms with Crippen molar-refractivity contribution in [3.8, 4) is 0 Å². The van der Waals surface area contributed by atoms with Crippen molar-refractivity contribution < 1.29 is 14.7 Å². The van der Waals surface area contributed by atoms with E-state index in [9.17, 15) is 9.59 Å². The lowest BCUT2D eigenvalue weighted by atomic mass is 9.85. The van der Waals surface area contributed by atoms with Crippen molar-refractivity contribution in [1.29, 1.82) is 0 Å². The number of hydrogen-bond donors (Lipinski definition) is 2. The third kappa shape index (κ3) is 6.02. The molecule has 0 radical (unpaired) electrons. The summed E-state index contributed by atoms with van der Waals surface area (Å²) in [4.78, 5) is 29.9. The van der Waals surface area contributed by atoms with Gasteiger partial charge in [-0.1, -0.05) is 37.3 Å². The van der Waals surface area contributed by atoms with Crippen LogP contribution < -0.4 is 5.32 Å². The van der Waals surface area contributed by atoms with Crippen LogP contribution in [0.15, 0.2) is 30.3 Å². The standard InChI is InChI=1S/C21H32N4O3/c1-2-25(16-21(27)28)19-12-18(13-19)22-20(26)15-24-10-8-23(9-11-24)14-17-6-4-3-5-7-17/h3-7,18-19H,2,8-16H2,1H3,(H,22,26)(H,27,28). The van der Waals surface area contributed by atoms with E-state index in [0.717, 1.165) is 52.1 Å². The minimum Gasteiger partial charge on any atom is -0.480 e. The lowest BCUT2D eigenvalue weighted by Crippen LogP contribution is -2.56. The summed E-state index contributed by atoms with van der Waals surface area (Å²) >= 11 is 0. The van der Waals surface area contributed by atoms with Gasteiger partial charge in [0, 0.05) is 44.8 Å². The topological polar surface area (TPSA) is 76.1 Å². The molecule has 1 saturated carbocycles. The van der Waals surface area contributed by atoms with E-state index in [0.29, 0.717) is 6.54 Å². The average molecular weight is 389 g/mol. The minimum absolute atomic E-state index is 0.0785. The van der Waals surface area contributed by atoms with Gasteiger partial charge in [-0.05, 0) is 24.9 Å². The number of nitrogens with one attached hydrogen (secondary N) is 1. The number of carbonyl (C=O) groups excluding carboxylic acids is 1. The fraction of sp³-hybridized carbons (Fsp3) is 0.619. The first-order valence-corrected chi connectivity index (χ1v) is 10.3. The summed E-state index contributed by atoms with van der Waals surface area (Å²) < 4.78 is 0. The van der Waals surface area contributed by atoms with Crippen LogP contribution in [0.4, 0.5) is 0 Å². The molecule has 1 amide bonds. The molecule has 0 bridgehead atoms. The second-order valence-electron chi connectivity index (χ2n) is 7.88. The normalized spacial score (nSPS) is 23.4. The van der Waals surface area contributed by atoms with Gasteiger partial charge < -0.3 is 10.4 Å². The maximum Gasteiger partial charge on any atom is 0.317 e. The van der Waals surface area contributed by atoms with Crippen LogP contribution >= 0.6 is 0 Å². The van der Waals surface area contributed by atoms with Gasteiger partial charge in [0.25, 0.3) is 0 Å². The summed E-state index contributed by atoms with van der Waals surface area (Å²) in [6.07, 6.45) is 1.69. The minimum atomic E-state index is -0.791. The second kappa shape index (κ2) is 10.0. The molecule has 2 N–H and O–H groups in total. The van der Waals surface area contributed by atoms with Crippen LogP contribution in [0.3, 0.4) is 0 Å². The van der Waals surface area contributed by atoms with Gasteiger partial charge in [-0.3, -0.25) is 24.3 Å². The summed E-state index contributed by atoms with van der Waals surface area (Å²) in [5.41, 5.74) is 1.33. The van der Waals surface area contributed by atoms with E-state index >= 15 is 0 Å². The Balaban J connectivity index is 1.32. The highest BCUT2D eigenvalue weighted by Gasteiger charge is 2.34. The molecule has 1 aromatic rings. The summed E-state index contributed by atoms with van der Waals surface area (Å²) in [6, 6.07) is 10.9. The molecular weight excluding hydrogens is 356 g/mol. The number of benzene rings is 1. The molecule has 0 spiro atoms. The van der Waals surface area contributed by atoms with E-state index < -0.39 is 5.97 Å². The van der Waals surface area contributed by atoms with E-state index in [1.54, 1.807) is 0 Å². The lowest BCUT2D eigenvalue weighted by molar-refractivity contribution is -0.139. The molecule has 7 nitrogen and oxygen atoms in total. The van der Waals surface area contributed by atoms with Crippen LogP contribution in [0, 0.1) is 0 Å². The molecule has 0 unspecified atom stereocenters. The lowest BCUT2D eigenvalue weighted by Gasteiger charge is -2.42. The molecule has 2 fully saturated rings. The fourth-order valence-electron chi connectivity index (χ4n) is 4.10. The van der Waals surface area contributed by atoms with Crippen LogP contribution in [0.5, 0.6) is 0 Å². The van der Waals surface area contributed by atoms with Gasteiger partial charge in [-0.15, -0.1) is 0 Å². The molecule has 1 aliphatic heterocycles. The van der Waals surface area contributed by atoms with Crippen molar-refractivity contribution in [2.24, 2.45) is 0 Å². The highest BCUT2D eigenvalue weighted by atomic mass is 16.4. The van der Waals surface area contributed by atoms with Crippen molar-refractivity contribution in [1.82, 2.24) is 20.0 Å². The quantitative estimate of drug-likeness (QED) is 0.654. The van der Waals surface area contributed by atoms with Crippen molar-refractivity contribution in [3.05, 3.63) is 35.9 Å². The molecule has 7 heteroatoms. The predicted molar refractivity (Wildman–Crippen MR) is 108 cm³/mol. The van der Waals surface area contributed by atoms with Gasteiger partial charge in [0.15, 0.2) is 0 Å². The Bertz CT molecular complexity index is 640. The molecule has 1 aliphatic carbocycles. The van der Waals surface area contributed by atoms with Crippen molar-refractivity contribution >= 4 is 11.9 Å². The molecule has 1 heterocycles. The van der Waals surface area contributed by atoms with Crippen molar-refractivity contribution in [3.63, 3.8) is 0 Å². The first kappa shape index (κ1) is 20.8. The van der Waals surface area contributed by atoms with Gasteiger partial charge in [-0.25, -0.2) is 0 Å². The van der Waals surface area contributed by atoms with E-state index in [-0.39, 0.29) is 24.5 Å². The maximum atomic E-state index is 12.3. The maximum absolute atomic E-state index is 12.3. The Labute approximate surface area is 167 Å². The van der Waals surface area contributed by atoms with Crippen LogP contribution in [-0.2, 0) is 16.1 Å². The highest BCUT2D eigenvalue weighted by Crippen LogP contribution is 2.25. The zero-order valence-electron chi connectivity index (χ0n) is 16.7. The highest BCUT2D eigenvalue weighted by molar-refractivity contribution is 5.78. The zero-order valence-corrected chi connectivity index (χ0v) is 16.7. The smallest absolute Gasteiger partial charge is 0.317 e. The number of carboxylic acids is 1. The number of amides is 1. The van der Waals surface area contributed by atoms with E-state index in [1.807, 2.05) is 17.9 Å². The molecule has 0 atom stereocenters. The molecular formula is C21H32N4O3. The molecule has 0 aromatic heterocycles. The van der Waals surface area contributed by atoms with E-state index in [1.165, 1.54) is 5.56 Å². The van der Waals surface area contributed by atoms with Gasteiger partial charge in [-0.2, -0.15) is 0 Å². The third-order valence-corrected chi connectivity index (χ3v) is 5.82. The van der Waals surface area contributed by atoms with E-state index in [4.69, 9.17) is 5.11 Å². The van der Waals surface area contributed by atoms with Crippen molar-refractivity contribution in [2.45, 2.75) is 38.4 Å². The van der Waals surface area contributed by atoms with Crippen LogP contribution in [0.1, 0.15) is 25.3 Å². The number of nitrogens with zero attached hydrogens (tertiary/aromatic N) is 3. The largest absolute Gasteiger partial charge is 0.480 e. The molecule has 1 aromatic carbocycles. The number of carboxylic acid groups (broad SMARTS) is 1. The third-order valence-electron chi connectivity index (χ3n) is 5.82. The molecule has 2 aliphatic rings. The van der Waals surface area contributed by atoms with Gasteiger partial charge >= 0.3 is 5.97 Å². The van der Waals surface area contributed by atoms with E-state index in [2.05, 4.69) is 39.4 Å². The number of likely N-dealkylation sites (N-methyl/N-ethyl adjacent to an activating group) is 1. The predicted octanol–water partition coefficient (Wildman–Crippen LogP) is 0.858. The van der Waals surface area contributed by atoms with Crippen LogP contribution in [0.25, 0.3) is 0 Å². The fourth-order valence-corrected chi connectivity index (χ4v) is 4.10. The first-order valence-electron chi connectivity index (χ1n) is 10.3. The molecule has 28 heavy (non-hydrogen) atoms. The number of hydrogen-bond acceptors (Lipinski definition) is 5. The van der Waals surface area contributed by atoms with Crippen LogP contribution in [-0.4, -0.2) is 89.6 Å². The number of aliphatic carboxylic acids is 1. The Morgan fingerprint density at radius 3 is 2.36 bits per heavy atom. The Hall–Kier alpha value is -1.96. The number of carbonyl (C=O) groups is 2. The Morgan fingerprint density at radius 2 is 1.75 bits per heavy atom. The van der Waals surface area contributed by atoms with Gasteiger partial charge in [0.1, 0.15) is 0 Å². The van der Waals surface area contributed by atoms with Gasteiger partial charge in [0.05, 0.1) is 13.1 Å². The molecule has 154 valence electrons. The number of rotatable bonds is 9. The van der Waals surface area contributed by atoms with Crippen LogP contribution in [0.2, 0.25) is 0 Å². The second-order valence-corrected chi connectivity index (χ2v) is 7.88. The Kier molecular flexibility index (Phi) is 7.42. The van der Waals surface area contributed by atoms with Crippen molar-refractivity contribution in [2.75, 3.05) is 45.8 Å². The van der Waals surface area contributed by atoms with Gasteiger partial charge in [0.2, 0.25) is 5.91 Å². The summed E-state index contributed by atoms with van der Waals surface area (Å²) in [7, 11) is 0. The SMILES string of the molecule is CCN(CC(=O)O)C1CC(NC(=O)CN2CCN(Cc3ccccc3)CC2)C1. The monoisotopic (exact) mass is 388 g/mol. The Morgan fingerprint density at radius 1 is 1.11 bits per heavy atom. The average Bonchev–Trinajstić information content (AvgIpc) is 2.65. The summed E-state index contributed by atoms with van der Waals surface area (Å²) in [5, 5.41) is 12.1. The first-order chi connectivity index (χ1) is 13.5. The molecule has 1 saturated heterocycles. The zero-order chi connectivity index (χ0) is 19.9. The number of piperazine rings is 1. The summed E-state index contributed by atoms with van der Waals surface area (Å²) in [5.74, 6) is -0.706. The summed E-state index contributed by atoms with van der Waals surface area (Å²) in [6.45, 7) is 7.99.